The molecular weight excluding hydrogens is 240 g/mol. The van der Waals surface area contributed by atoms with E-state index in [9.17, 15) is 0 Å². The van der Waals surface area contributed by atoms with Gasteiger partial charge in [-0.15, -0.1) is 0 Å². The van der Waals surface area contributed by atoms with Crippen LogP contribution in [0.5, 0.6) is 11.6 Å². The van der Waals surface area contributed by atoms with Crippen LogP contribution in [0.1, 0.15) is 18.1 Å². The largest absolute Gasteiger partial charge is 0.439 e. The molecule has 0 aliphatic heterocycles. The summed E-state index contributed by atoms with van der Waals surface area (Å²) in [5.74, 6) is 1.28. The van der Waals surface area contributed by atoms with Crippen molar-refractivity contribution in [2.45, 2.75) is 20.1 Å². The van der Waals surface area contributed by atoms with Crippen molar-refractivity contribution in [3.8, 4) is 11.6 Å². The molecule has 100 valence electrons. The summed E-state index contributed by atoms with van der Waals surface area (Å²) in [5.41, 5.74) is 1.83. The van der Waals surface area contributed by atoms with Crippen molar-refractivity contribution in [3.63, 3.8) is 0 Å². The second-order valence-corrected chi connectivity index (χ2v) is 4.16. The smallest absolute Gasteiger partial charge is 0.223 e. The van der Waals surface area contributed by atoms with E-state index in [1.807, 2.05) is 36.4 Å². The Kier molecular flexibility index (Phi) is 4.89. The lowest BCUT2D eigenvalue weighted by Crippen LogP contribution is -2.12. The molecule has 0 aliphatic carbocycles. The van der Waals surface area contributed by atoms with Gasteiger partial charge in [0.05, 0.1) is 6.61 Å². The number of benzene rings is 1. The van der Waals surface area contributed by atoms with Crippen molar-refractivity contribution < 1.29 is 9.84 Å². The highest BCUT2D eigenvalue weighted by Crippen LogP contribution is 2.23. The number of aliphatic hydroxyl groups is 1. The molecule has 0 atom stereocenters. The highest BCUT2D eigenvalue weighted by molar-refractivity contribution is 5.34. The molecule has 0 radical (unpaired) electrons. The summed E-state index contributed by atoms with van der Waals surface area (Å²) in [7, 11) is 0. The topological polar surface area (TPSA) is 54.4 Å². The summed E-state index contributed by atoms with van der Waals surface area (Å²) in [4.78, 5) is 4.26. The maximum absolute atomic E-state index is 9.12. The molecule has 0 fully saturated rings. The minimum atomic E-state index is 0.00364. The molecule has 2 aromatic rings. The van der Waals surface area contributed by atoms with Gasteiger partial charge in [0, 0.05) is 18.3 Å². The second kappa shape index (κ2) is 6.87. The van der Waals surface area contributed by atoms with Crippen LogP contribution in [0.15, 0.2) is 42.6 Å². The number of aromatic nitrogens is 1. The van der Waals surface area contributed by atoms with Crippen molar-refractivity contribution in [2.24, 2.45) is 0 Å². The van der Waals surface area contributed by atoms with E-state index in [1.165, 1.54) is 0 Å². The van der Waals surface area contributed by atoms with Crippen molar-refractivity contribution in [3.05, 3.63) is 53.7 Å². The Morgan fingerprint density at radius 1 is 1.26 bits per heavy atom. The average Bonchev–Trinajstić information content (AvgIpc) is 2.46. The molecule has 1 aromatic heterocycles. The maximum Gasteiger partial charge on any atom is 0.223 e. The first-order chi connectivity index (χ1) is 9.33. The Balaban J connectivity index is 2.17. The molecule has 0 unspecified atom stereocenters. The molecule has 0 bridgehead atoms. The van der Waals surface area contributed by atoms with Crippen molar-refractivity contribution >= 4 is 0 Å². The standard InChI is InChI=1S/C15H18N2O2/c1-2-16-10-13-6-4-8-17-15(13)19-14-7-3-5-12(9-14)11-18/h3-9,16,18H,2,10-11H2,1H3. The first kappa shape index (κ1) is 13.5. The summed E-state index contributed by atoms with van der Waals surface area (Å²) in [6, 6.07) is 11.2. The van der Waals surface area contributed by atoms with Crippen LogP contribution in [0, 0.1) is 0 Å². The predicted octanol–water partition coefficient (Wildman–Crippen LogP) is 2.48. The van der Waals surface area contributed by atoms with Gasteiger partial charge in [0.1, 0.15) is 5.75 Å². The molecule has 4 nitrogen and oxygen atoms in total. The molecule has 1 heterocycles. The Morgan fingerprint density at radius 2 is 2.16 bits per heavy atom. The SMILES string of the molecule is CCNCc1cccnc1Oc1cccc(CO)c1. The summed E-state index contributed by atoms with van der Waals surface area (Å²) >= 11 is 0. The van der Waals surface area contributed by atoms with E-state index in [4.69, 9.17) is 9.84 Å². The van der Waals surface area contributed by atoms with Gasteiger partial charge in [-0.25, -0.2) is 4.98 Å². The monoisotopic (exact) mass is 258 g/mol. The van der Waals surface area contributed by atoms with Crippen molar-refractivity contribution in [2.75, 3.05) is 6.54 Å². The van der Waals surface area contributed by atoms with Crippen LogP contribution in [0.3, 0.4) is 0 Å². The molecule has 2 N–H and O–H groups in total. The molecular formula is C15H18N2O2. The van der Waals surface area contributed by atoms with E-state index in [0.717, 1.165) is 24.2 Å². The van der Waals surface area contributed by atoms with Gasteiger partial charge >= 0.3 is 0 Å². The van der Waals surface area contributed by atoms with Gasteiger partial charge in [-0.3, -0.25) is 0 Å². The quantitative estimate of drug-likeness (QED) is 0.835. The lowest BCUT2D eigenvalue weighted by molar-refractivity contribution is 0.281. The minimum absolute atomic E-state index is 0.00364. The van der Waals surface area contributed by atoms with Gasteiger partial charge in [0.25, 0.3) is 0 Å². The number of aliphatic hydroxyl groups excluding tert-OH is 1. The van der Waals surface area contributed by atoms with Crippen LogP contribution in [-0.2, 0) is 13.2 Å². The van der Waals surface area contributed by atoms with Gasteiger partial charge in [0.15, 0.2) is 0 Å². The second-order valence-electron chi connectivity index (χ2n) is 4.16. The van der Waals surface area contributed by atoms with Crippen LogP contribution in [-0.4, -0.2) is 16.6 Å². The number of ether oxygens (including phenoxy) is 1. The van der Waals surface area contributed by atoms with E-state index < -0.39 is 0 Å². The van der Waals surface area contributed by atoms with Crippen molar-refractivity contribution in [1.82, 2.24) is 10.3 Å². The average molecular weight is 258 g/mol. The summed E-state index contributed by atoms with van der Waals surface area (Å²) in [5, 5.41) is 12.4. The maximum atomic E-state index is 9.12. The minimum Gasteiger partial charge on any atom is -0.439 e. The summed E-state index contributed by atoms with van der Waals surface area (Å²) < 4.78 is 5.79. The van der Waals surface area contributed by atoms with Crippen molar-refractivity contribution in [1.29, 1.82) is 0 Å². The highest BCUT2D eigenvalue weighted by atomic mass is 16.5. The lowest BCUT2D eigenvalue weighted by atomic mass is 10.2. The third kappa shape index (κ3) is 3.77. The number of hydrogen-bond acceptors (Lipinski definition) is 4. The fourth-order valence-corrected chi connectivity index (χ4v) is 1.73. The van der Waals surface area contributed by atoms with E-state index in [1.54, 1.807) is 6.20 Å². The Labute approximate surface area is 113 Å². The van der Waals surface area contributed by atoms with Gasteiger partial charge in [-0.2, -0.15) is 0 Å². The third-order valence-corrected chi connectivity index (χ3v) is 2.71. The van der Waals surface area contributed by atoms with Crippen LogP contribution in [0.4, 0.5) is 0 Å². The first-order valence-corrected chi connectivity index (χ1v) is 6.35. The van der Waals surface area contributed by atoms with Crippen LogP contribution in [0.25, 0.3) is 0 Å². The Hall–Kier alpha value is -1.91. The fourth-order valence-electron chi connectivity index (χ4n) is 1.73. The van der Waals surface area contributed by atoms with E-state index in [2.05, 4.69) is 17.2 Å². The molecule has 0 amide bonds. The normalized spacial score (nSPS) is 10.4. The van der Waals surface area contributed by atoms with Crippen LogP contribution in [0.2, 0.25) is 0 Å². The van der Waals surface area contributed by atoms with Gasteiger partial charge in [0.2, 0.25) is 5.88 Å². The zero-order valence-corrected chi connectivity index (χ0v) is 11.0. The number of nitrogens with zero attached hydrogens (tertiary/aromatic N) is 1. The van der Waals surface area contributed by atoms with E-state index in [-0.39, 0.29) is 6.61 Å². The number of nitrogens with one attached hydrogen (secondary N) is 1. The predicted molar refractivity (Wildman–Crippen MR) is 74.1 cm³/mol. The zero-order chi connectivity index (χ0) is 13.5. The highest BCUT2D eigenvalue weighted by Gasteiger charge is 2.05. The summed E-state index contributed by atoms with van der Waals surface area (Å²) in [6.45, 7) is 3.68. The van der Waals surface area contributed by atoms with Gasteiger partial charge < -0.3 is 15.2 Å². The zero-order valence-electron chi connectivity index (χ0n) is 11.0. The molecule has 0 saturated heterocycles. The van der Waals surface area contributed by atoms with Gasteiger partial charge in [-0.05, 0) is 30.3 Å². The Morgan fingerprint density at radius 3 is 2.95 bits per heavy atom. The molecule has 1 aromatic carbocycles. The molecule has 2 rings (SSSR count). The van der Waals surface area contributed by atoms with Gasteiger partial charge in [-0.1, -0.05) is 25.1 Å². The number of pyridine rings is 1. The number of rotatable bonds is 6. The molecule has 19 heavy (non-hydrogen) atoms. The third-order valence-electron chi connectivity index (χ3n) is 2.71. The molecule has 0 spiro atoms. The van der Waals surface area contributed by atoms with E-state index >= 15 is 0 Å². The lowest BCUT2D eigenvalue weighted by Gasteiger charge is -2.10. The molecule has 0 saturated carbocycles. The number of hydrogen-bond donors (Lipinski definition) is 2. The van der Waals surface area contributed by atoms with Crippen LogP contribution < -0.4 is 10.1 Å². The molecule has 0 aliphatic rings. The Bertz CT molecular complexity index is 529. The summed E-state index contributed by atoms with van der Waals surface area (Å²) in [6.07, 6.45) is 1.71. The first-order valence-electron chi connectivity index (χ1n) is 6.35. The van der Waals surface area contributed by atoms with E-state index in [0.29, 0.717) is 11.6 Å². The van der Waals surface area contributed by atoms with Crippen LogP contribution >= 0.6 is 0 Å². The fraction of sp³-hybridized carbons (Fsp3) is 0.267. The molecule has 4 heteroatoms.